The molecule has 0 saturated carbocycles. The van der Waals surface area contributed by atoms with E-state index in [0.29, 0.717) is 48.2 Å². The summed E-state index contributed by atoms with van der Waals surface area (Å²) in [6, 6.07) is 6.83. The third-order valence-corrected chi connectivity index (χ3v) is 5.38. The van der Waals surface area contributed by atoms with E-state index >= 15 is 0 Å². The Hall–Kier alpha value is -3.75. The van der Waals surface area contributed by atoms with Gasteiger partial charge in [-0.2, -0.15) is 0 Å². The summed E-state index contributed by atoms with van der Waals surface area (Å²) in [5, 5.41) is 11.6. The zero-order valence-electron chi connectivity index (χ0n) is 15.2. The first kappa shape index (κ1) is 16.2. The summed E-state index contributed by atoms with van der Waals surface area (Å²) >= 11 is 0. The largest absolute Gasteiger partial charge is 0.493 e. The van der Waals surface area contributed by atoms with E-state index in [1.54, 1.807) is 29.1 Å². The van der Waals surface area contributed by atoms with Crippen LogP contribution in [0.3, 0.4) is 0 Å². The number of fused-ring (bicyclic) bond motifs is 3. The van der Waals surface area contributed by atoms with Gasteiger partial charge in [-0.25, -0.2) is 14.4 Å². The van der Waals surface area contributed by atoms with Gasteiger partial charge in [-0.05, 0) is 24.3 Å². The third kappa shape index (κ3) is 2.43. The molecular weight excluding hydrogens is 375 g/mol. The Labute approximate surface area is 164 Å². The lowest BCUT2D eigenvalue weighted by molar-refractivity contribution is 0.249. The average molecular weight is 390 g/mol. The number of pyridine rings is 1. The highest BCUT2D eigenvalue weighted by molar-refractivity contribution is 5.79. The van der Waals surface area contributed by atoms with Crippen molar-refractivity contribution in [3.8, 4) is 22.8 Å². The molecule has 5 heterocycles. The number of hydrogen-bond acceptors (Lipinski definition) is 7. The molecule has 1 aromatic carbocycles. The molecule has 0 fully saturated rings. The number of nitrogens with one attached hydrogen (secondary N) is 1. The average Bonchev–Trinajstić information content (AvgIpc) is 3.40. The van der Waals surface area contributed by atoms with Gasteiger partial charge in [0.1, 0.15) is 24.2 Å². The van der Waals surface area contributed by atoms with Gasteiger partial charge >= 0.3 is 0 Å². The van der Waals surface area contributed by atoms with Crippen molar-refractivity contribution in [2.75, 3.05) is 18.5 Å². The number of anilines is 1. The zero-order chi connectivity index (χ0) is 19.4. The van der Waals surface area contributed by atoms with Crippen molar-refractivity contribution in [3.05, 3.63) is 60.1 Å². The number of benzene rings is 1. The van der Waals surface area contributed by atoms with Crippen LogP contribution in [0.25, 0.3) is 16.9 Å². The van der Waals surface area contributed by atoms with E-state index in [0.717, 1.165) is 16.9 Å². The van der Waals surface area contributed by atoms with Crippen molar-refractivity contribution in [3.63, 3.8) is 0 Å². The fraction of sp³-hybridized carbons (Fsp3) is 0.200. The molecule has 29 heavy (non-hydrogen) atoms. The molecule has 0 unspecified atom stereocenters. The first-order valence-electron chi connectivity index (χ1n) is 9.23. The second-order valence-corrected chi connectivity index (χ2v) is 7.00. The summed E-state index contributed by atoms with van der Waals surface area (Å²) in [5.74, 6) is 1.71. The van der Waals surface area contributed by atoms with Crippen molar-refractivity contribution in [1.82, 2.24) is 24.6 Å². The van der Waals surface area contributed by atoms with E-state index in [9.17, 15) is 4.39 Å². The SMILES string of the molecule is Fc1ccc2c3c1CNc1c(cc(-c4ccncn4)c4nncn14)OC[C@H]3CO2. The van der Waals surface area contributed by atoms with Gasteiger partial charge in [0.15, 0.2) is 17.2 Å². The van der Waals surface area contributed by atoms with Gasteiger partial charge in [0.25, 0.3) is 0 Å². The van der Waals surface area contributed by atoms with E-state index in [1.165, 1.54) is 12.4 Å². The van der Waals surface area contributed by atoms with Gasteiger partial charge in [-0.3, -0.25) is 4.40 Å². The van der Waals surface area contributed by atoms with Crippen LogP contribution in [0.1, 0.15) is 17.0 Å². The molecule has 2 aliphatic heterocycles. The minimum absolute atomic E-state index is 0.0393. The van der Waals surface area contributed by atoms with Crippen molar-refractivity contribution < 1.29 is 13.9 Å². The summed E-state index contributed by atoms with van der Waals surface area (Å²) in [6.45, 7) is 1.13. The predicted molar refractivity (Wildman–Crippen MR) is 101 cm³/mol. The molecule has 6 rings (SSSR count). The Morgan fingerprint density at radius 2 is 2.03 bits per heavy atom. The fourth-order valence-corrected chi connectivity index (χ4v) is 4.02. The Kier molecular flexibility index (Phi) is 3.43. The Balaban J connectivity index is 1.53. The van der Waals surface area contributed by atoms with E-state index < -0.39 is 0 Å². The molecule has 0 saturated heterocycles. The molecule has 8 nitrogen and oxygen atoms in total. The summed E-state index contributed by atoms with van der Waals surface area (Å²) in [7, 11) is 0. The van der Waals surface area contributed by atoms with Gasteiger partial charge in [-0.1, -0.05) is 0 Å². The van der Waals surface area contributed by atoms with E-state index in [1.807, 2.05) is 6.07 Å². The highest BCUT2D eigenvalue weighted by Crippen LogP contribution is 2.41. The van der Waals surface area contributed by atoms with Crippen LogP contribution in [0.4, 0.5) is 10.2 Å². The lowest BCUT2D eigenvalue weighted by atomic mass is 9.96. The number of hydrogen-bond donors (Lipinski definition) is 1. The van der Waals surface area contributed by atoms with Gasteiger partial charge in [0.05, 0.1) is 24.8 Å². The number of aromatic nitrogens is 5. The van der Waals surface area contributed by atoms with Gasteiger partial charge in [0, 0.05) is 29.4 Å². The summed E-state index contributed by atoms with van der Waals surface area (Å²) < 4.78 is 28.4. The second kappa shape index (κ2) is 6.13. The maximum atomic E-state index is 14.6. The molecule has 0 aliphatic carbocycles. The van der Waals surface area contributed by atoms with Crippen LogP contribution in [0.2, 0.25) is 0 Å². The number of halogens is 1. The number of rotatable bonds is 1. The van der Waals surface area contributed by atoms with Crippen molar-refractivity contribution in [2.45, 2.75) is 12.5 Å². The highest BCUT2D eigenvalue weighted by Gasteiger charge is 2.31. The smallest absolute Gasteiger partial charge is 0.171 e. The van der Waals surface area contributed by atoms with Crippen molar-refractivity contribution in [1.29, 1.82) is 0 Å². The fourth-order valence-electron chi connectivity index (χ4n) is 4.02. The predicted octanol–water partition coefficient (Wildman–Crippen LogP) is 2.81. The lowest BCUT2D eigenvalue weighted by Crippen LogP contribution is -2.13. The molecule has 9 heteroatoms. The minimum Gasteiger partial charge on any atom is -0.493 e. The first-order chi connectivity index (χ1) is 14.3. The molecule has 0 spiro atoms. The van der Waals surface area contributed by atoms with Gasteiger partial charge < -0.3 is 14.8 Å². The van der Waals surface area contributed by atoms with Crippen molar-refractivity contribution >= 4 is 11.5 Å². The molecule has 0 amide bonds. The molecule has 3 aromatic heterocycles. The van der Waals surface area contributed by atoms with Gasteiger partial charge in [-0.15, -0.1) is 10.2 Å². The molecule has 1 N–H and O–H groups in total. The minimum atomic E-state index is -0.257. The van der Waals surface area contributed by atoms with Crippen LogP contribution in [0.15, 0.2) is 43.1 Å². The number of ether oxygens (including phenoxy) is 2. The molecule has 144 valence electrons. The number of nitrogens with zero attached hydrogens (tertiary/aromatic N) is 5. The van der Waals surface area contributed by atoms with Crippen LogP contribution in [0, 0.1) is 5.82 Å². The van der Waals surface area contributed by atoms with Crippen molar-refractivity contribution in [2.24, 2.45) is 0 Å². The van der Waals surface area contributed by atoms with E-state index in [2.05, 4.69) is 25.5 Å². The topological polar surface area (TPSA) is 86.5 Å². The lowest BCUT2D eigenvalue weighted by Gasteiger charge is -2.16. The van der Waals surface area contributed by atoms with Crippen LogP contribution in [-0.2, 0) is 6.54 Å². The van der Waals surface area contributed by atoms with Crippen LogP contribution >= 0.6 is 0 Å². The quantitative estimate of drug-likeness (QED) is 0.535. The maximum Gasteiger partial charge on any atom is 0.171 e. The van der Waals surface area contributed by atoms with Crippen LogP contribution < -0.4 is 14.8 Å². The van der Waals surface area contributed by atoms with E-state index in [-0.39, 0.29) is 11.7 Å². The Bertz CT molecular complexity index is 1240. The Morgan fingerprint density at radius 1 is 1.14 bits per heavy atom. The van der Waals surface area contributed by atoms with Crippen LogP contribution in [0.5, 0.6) is 11.5 Å². The standard InChI is InChI=1S/C20H15FN6O2/c21-14-1-2-16-18-11(7-28-16)8-29-17-5-12(15-3-4-22-9-24-15)19-26-25-10-27(19)20(17)23-6-13(14)18/h1-5,9-11,23H,6-8H2/t11-/m1/s1. The highest BCUT2D eigenvalue weighted by atomic mass is 19.1. The summed E-state index contributed by atoms with van der Waals surface area (Å²) in [6.07, 6.45) is 4.76. The second-order valence-electron chi connectivity index (χ2n) is 7.00. The molecular formula is C20H15FN6O2. The van der Waals surface area contributed by atoms with E-state index in [4.69, 9.17) is 9.47 Å². The monoisotopic (exact) mass is 390 g/mol. The first-order valence-corrected chi connectivity index (χ1v) is 9.23. The summed E-state index contributed by atoms with van der Waals surface area (Å²) in [4.78, 5) is 8.31. The molecule has 2 aliphatic rings. The zero-order valence-corrected chi connectivity index (χ0v) is 15.2. The third-order valence-electron chi connectivity index (χ3n) is 5.38. The van der Waals surface area contributed by atoms with Gasteiger partial charge in [0.2, 0.25) is 0 Å². The summed E-state index contributed by atoms with van der Waals surface area (Å²) in [5.41, 5.74) is 3.59. The molecule has 0 radical (unpaired) electrons. The molecule has 0 bridgehead atoms. The Morgan fingerprint density at radius 3 is 2.90 bits per heavy atom. The molecule has 4 aromatic rings. The maximum absolute atomic E-state index is 14.6. The molecule has 1 atom stereocenters. The van der Waals surface area contributed by atoms with Crippen LogP contribution in [-0.4, -0.2) is 37.8 Å². The normalized spacial score (nSPS) is 17.2.